The Morgan fingerprint density at radius 2 is 2.00 bits per heavy atom. The molecule has 3 heteroatoms. The fraction of sp³-hybridized carbons (Fsp3) is 1.00. The van der Waals surface area contributed by atoms with E-state index in [0.717, 1.165) is 0 Å². The molecular weight excluding hydrogens is 145 g/mol. The first-order valence-electron chi connectivity index (χ1n) is 3.91. The zero-order valence-electron chi connectivity index (χ0n) is 7.41. The molecule has 1 aliphatic heterocycles. The van der Waals surface area contributed by atoms with Crippen LogP contribution in [0.1, 0.15) is 20.8 Å². The van der Waals surface area contributed by atoms with Gasteiger partial charge in [0, 0.05) is 5.54 Å². The van der Waals surface area contributed by atoms with Crippen LogP contribution in [0.2, 0.25) is 0 Å². The number of hydrogen-bond donors (Lipinski definition) is 1. The van der Waals surface area contributed by atoms with Crippen LogP contribution in [0.4, 0.5) is 4.39 Å². The third-order valence-corrected chi connectivity index (χ3v) is 1.65. The van der Waals surface area contributed by atoms with Crippen LogP contribution in [0.3, 0.4) is 0 Å². The Kier molecular flexibility index (Phi) is 2.21. The van der Waals surface area contributed by atoms with Crippen LogP contribution in [0, 0.1) is 0 Å². The summed E-state index contributed by atoms with van der Waals surface area (Å²) in [5, 5.41) is 3.22. The zero-order valence-corrected chi connectivity index (χ0v) is 7.41. The molecule has 1 aliphatic rings. The van der Waals surface area contributed by atoms with Gasteiger partial charge in [-0.3, -0.25) is 0 Å². The van der Waals surface area contributed by atoms with Crippen molar-refractivity contribution in [2.24, 2.45) is 0 Å². The number of rotatable bonds is 2. The average molecular weight is 161 g/mol. The van der Waals surface area contributed by atoms with Gasteiger partial charge in [0.05, 0.1) is 18.8 Å². The molecule has 0 aliphatic carbocycles. The molecule has 0 bridgehead atoms. The van der Waals surface area contributed by atoms with Crippen molar-refractivity contribution < 1.29 is 9.13 Å². The van der Waals surface area contributed by atoms with E-state index in [2.05, 4.69) is 5.32 Å². The Labute approximate surface area is 67.1 Å². The molecule has 0 aromatic carbocycles. The summed E-state index contributed by atoms with van der Waals surface area (Å²) in [5.74, 6) is 0. The highest BCUT2D eigenvalue weighted by atomic mass is 19.1. The minimum absolute atomic E-state index is 0.0319. The van der Waals surface area contributed by atoms with E-state index in [1.165, 1.54) is 0 Å². The van der Waals surface area contributed by atoms with Gasteiger partial charge in [-0.25, -0.2) is 4.39 Å². The van der Waals surface area contributed by atoms with Crippen molar-refractivity contribution in [1.82, 2.24) is 5.32 Å². The predicted molar refractivity (Wildman–Crippen MR) is 42.4 cm³/mol. The van der Waals surface area contributed by atoms with Gasteiger partial charge < -0.3 is 10.1 Å². The highest BCUT2D eigenvalue weighted by Gasteiger charge is 2.41. The third kappa shape index (κ3) is 2.14. The third-order valence-electron chi connectivity index (χ3n) is 1.65. The summed E-state index contributed by atoms with van der Waals surface area (Å²) in [6, 6.07) is 0. The molecule has 66 valence electrons. The Morgan fingerprint density at radius 3 is 2.09 bits per heavy atom. The molecule has 1 N–H and O–H groups in total. The molecule has 1 rings (SSSR count). The van der Waals surface area contributed by atoms with Gasteiger partial charge in [0.15, 0.2) is 0 Å². The van der Waals surface area contributed by atoms with E-state index in [0.29, 0.717) is 13.2 Å². The summed E-state index contributed by atoms with van der Waals surface area (Å²) in [6.45, 7) is 6.75. The minimum atomic E-state index is -0.391. The van der Waals surface area contributed by atoms with Crippen LogP contribution in [-0.2, 0) is 4.74 Å². The molecule has 0 atom stereocenters. The first-order chi connectivity index (χ1) is 4.97. The summed E-state index contributed by atoms with van der Waals surface area (Å²) in [6.07, 6.45) is 0. The SMILES string of the molecule is CC(C)(C)NC1(CF)COC1. The van der Waals surface area contributed by atoms with E-state index in [4.69, 9.17) is 4.74 Å². The van der Waals surface area contributed by atoms with Gasteiger partial charge in [-0.05, 0) is 20.8 Å². The molecule has 0 aromatic rings. The van der Waals surface area contributed by atoms with Gasteiger partial charge in [0.2, 0.25) is 0 Å². The van der Waals surface area contributed by atoms with Gasteiger partial charge in [-0.1, -0.05) is 0 Å². The van der Waals surface area contributed by atoms with Crippen molar-refractivity contribution in [2.45, 2.75) is 31.8 Å². The van der Waals surface area contributed by atoms with E-state index in [1.54, 1.807) is 0 Å². The summed E-state index contributed by atoms with van der Waals surface area (Å²) in [4.78, 5) is 0. The average Bonchev–Trinajstić information content (AvgIpc) is 1.77. The lowest BCUT2D eigenvalue weighted by Gasteiger charge is -2.44. The Morgan fingerprint density at radius 1 is 1.45 bits per heavy atom. The quantitative estimate of drug-likeness (QED) is 0.655. The fourth-order valence-electron chi connectivity index (χ4n) is 1.33. The molecule has 0 aromatic heterocycles. The van der Waals surface area contributed by atoms with Crippen molar-refractivity contribution >= 4 is 0 Å². The van der Waals surface area contributed by atoms with Crippen molar-refractivity contribution in [3.63, 3.8) is 0 Å². The van der Waals surface area contributed by atoms with Crippen molar-refractivity contribution in [2.75, 3.05) is 19.9 Å². The molecular formula is C8H16FNO. The Hall–Kier alpha value is -0.150. The number of nitrogens with one attached hydrogen (secondary N) is 1. The largest absolute Gasteiger partial charge is 0.377 e. The molecule has 0 amide bonds. The molecule has 0 saturated carbocycles. The topological polar surface area (TPSA) is 21.3 Å². The van der Waals surface area contributed by atoms with E-state index in [1.807, 2.05) is 20.8 Å². The molecule has 0 spiro atoms. The van der Waals surface area contributed by atoms with Crippen LogP contribution < -0.4 is 5.32 Å². The summed E-state index contributed by atoms with van der Waals surface area (Å²) >= 11 is 0. The second kappa shape index (κ2) is 2.72. The lowest BCUT2D eigenvalue weighted by atomic mass is 9.94. The summed E-state index contributed by atoms with van der Waals surface area (Å²) in [7, 11) is 0. The highest BCUT2D eigenvalue weighted by Crippen LogP contribution is 2.20. The molecule has 1 saturated heterocycles. The Bertz CT molecular complexity index is 132. The van der Waals surface area contributed by atoms with Crippen LogP contribution >= 0.6 is 0 Å². The van der Waals surface area contributed by atoms with Gasteiger partial charge in [-0.2, -0.15) is 0 Å². The van der Waals surface area contributed by atoms with Crippen LogP contribution in [0.5, 0.6) is 0 Å². The normalized spacial score (nSPS) is 22.9. The number of hydrogen-bond acceptors (Lipinski definition) is 2. The monoisotopic (exact) mass is 161 g/mol. The van der Waals surface area contributed by atoms with Crippen LogP contribution in [0.15, 0.2) is 0 Å². The molecule has 2 nitrogen and oxygen atoms in total. The van der Waals surface area contributed by atoms with Crippen LogP contribution in [-0.4, -0.2) is 31.0 Å². The maximum atomic E-state index is 12.5. The van der Waals surface area contributed by atoms with Gasteiger partial charge in [0.25, 0.3) is 0 Å². The van der Waals surface area contributed by atoms with E-state index >= 15 is 0 Å². The van der Waals surface area contributed by atoms with Crippen molar-refractivity contribution in [3.05, 3.63) is 0 Å². The Balaban J connectivity index is 2.45. The smallest absolute Gasteiger partial charge is 0.112 e. The predicted octanol–water partition coefficient (Wildman–Crippen LogP) is 1.11. The molecule has 0 radical (unpaired) electrons. The highest BCUT2D eigenvalue weighted by molar-refractivity contribution is 4.97. The molecule has 1 heterocycles. The zero-order chi connectivity index (χ0) is 8.54. The van der Waals surface area contributed by atoms with Gasteiger partial charge >= 0.3 is 0 Å². The first-order valence-corrected chi connectivity index (χ1v) is 3.91. The minimum Gasteiger partial charge on any atom is -0.377 e. The standard InChI is InChI=1S/C8H16FNO/c1-7(2,3)10-8(4-9)5-11-6-8/h10H,4-6H2,1-3H3. The molecule has 0 unspecified atom stereocenters. The lowest BCUT2D eigenvalue weighted by molar-refractivity contribution is -0.0945. The first kappa shape index (κ1) is 8.94. The van der Waals surface area contributed by atoms with Crippen molar-refractivity contribution in [3.8, 4) is 0 Å². The summed E-state index contributed by atoms with van der Waals surface area (Å²) in [5.41, 5.74) is -0.423. The van der Waals surface area contributed by atoms with E-state index in [-0.39, 0.29) is 12.2 Å². The molecule has 1 fully saturated rings. The second-order valence-corrected chi connectivity index (χ2v) is 4.28. The van der Waals surface area contributed by atoms with E-state index < -0.39 is 5.54 Å². The maximum absolute atomic E-state index is 12.5. The summed E-state index contributed by atoms with van der Waals surface area (Å²) < 4.78 is 17.5. The number of ether oxygens (including phenoxy) is 1. The van der Waals surface area contributed by atoms with Crippen LogP contribution in [0.25, 0.3) is 0 Å². The van der Waals surface area contributed by atoms with Gasteiger partial charge in [0.1, 0.15) is 6.67 Å². The maximum Gasteiger partial charge on any atom is 0.112 e. The van der Waals surface area contributed by atoms with E-state index in [9.17, 15) is 4.39 Å². The van der Waals surface area contributed by atoms with Crippen molar-refractivity contribution in [1.29, 1.82) is 0 Å². The number of alkyl halides is 1. The van der Waals surface area contributed by atoms with Gasteiger partial charge in [-0.15, -0.1) is 0 Å². The molecule has 11 heavy (non-hydrogen) atoms. The second-order valence-electron chi connectivity index (χ2n) is 4.28. The fourth-order valence-corrected chi connectivity index (χ4v) is 1.33. The number of halogens is 1. The lowest BCUT2D eigenvalue weighted by Crippen LogP contribution is -2.66.